The van der Waals surface area contributed by atoms with E-state index in [0.717, 1.165) is 12.8 Å². The highest BCUT2D eigenvalue weighted by Gasteiger charge is 2.39. The van der Waals surface area contributed by atoms with Crippen molar-refractivity contribution in [2.24, 2.45) is 0 Å². The van der Waals surface area contributed by atoms with Crippen molar-refractivity contribution in [1.82, 2.24) is 20.1 Å². The van der Waals surface area contributed by atoms with Gasteiger partial charge in [0.2, 0.25) is 0 Å². The van der Waals surface area contributed by atoms with Gasteiger partial charge in [-0.1, -0.05) is 11.8 Å². The topological polar surface area (TPSA) is 100 Å². The van der Waals surface area contributed by atoms with Gasteiger partial charge in [0.05, 0.1) is 0 Å². The van der Waals surface area contributed by atoms with Gasteiger partial charge in [-0.2, -0.15) is 0 Å². The Hall–Kier alpha value is -1.28. The highest BCUT2D eigenvalue weighted by Crippen LogP contribution is 2.27. The van der Waals surface area contributed by atoms with Crippen molar-refractivity contribution in [3.8, 4) is 0 Å². The maximum absolute atomic E-state index is 11.6. The Kier molecular flexibility index (Phi) is 4.24. The van der Waals surface area contributed by atoms with Crippen LogP contribution in [-0.4, -0.2) is 43.2 Å². The van der Waals surface area contributed by atoms with E-state index in [-0.39, 0.29) is 11.7 Å². The summed E-state index contributed by atoms with van der Waals surface area (Å²) in [5, 5.41) is 19.4. The number of thioether (sulfide) groups is 1. The van der Waals surface area contributed by atoms with Gasteiger partial charge in [-0.05, 0) is 33.6 Å². The van der Waals surface area contributed by atoms with E-state index in [1.807, 2.05) is 13.8 Å². The average Bonchev–Trinajstić information content (AvgIpc) is 3.07. The molecule has 3 N–H and O–H groups in total. The summed E-state index contributed by atoms with van der Waals surface area (Å²) in [6, 6.07) is 0.277. The molecule has 7 nitrogen and oxygen atoms in total. The molecule has 2 rings (SSSR count). The van der Waals surface area contributed by atoms with Crippen LogP contribution in [0.4, 0.5) is 0 Å². The molecule has 0 amide bonds. The SMILES string of the molecule is CC(C)n1c(SCC(C)(NC2CC2)C(=O)O)n[nH]c1=O. The average molecular weight is 300 g/mol. The molecule has 8 heteroatoms. The van der Waals surface area contributed by atoms with Crippen LogP contribution in [0, 0.1) is 0 Å². The van der Waals surface area contributed by atoms with Gasteiger partial charge in [0.25, 0.3) is 0 Å². The van der Waals surface area contributed by atoms with Crippen LogP contribution in [0.5, 0.6) is 0 Å². The third-order valence-electron chi connectivity index (χ3n) is 3.25. The fourth-order valence-electron chi connectivity index (χ4n) is 1.90. The van der Waals surface area contributed by atoms with E-state index in [4.69, 9.17) is 0 Å². The molecule has 0 aliphatic heterocycles. The number of carboxylic acid groups (broad SMARTS) is 1. The quantitative estimate of drug-likeness (QED) is 0.645. The number of nitrogens with one attached hydrogen (secondary N) is 2. The Labute approximate surface area is 121 Å². The number of H-pyrrole nitrogens is 1. The Balaban J connectivity index is 2.09. The fraction of sp³-hybridized carbons (Fsp3) is 0.750. The first-order valence-electron chi connectivity index (χ1n) is 6.64. The lowest BCUT2D eigenvalue weighted by molar-refractivity contribution is -0.143. The smallest absolute Gasteiger partial charge is 0.344 e. The Morgan fingerprint density at radius 1 is 1.65 bits per heavy atom. The van der Waals surface area contributed by atoms with Crippen LogP contribution < -0.4 is 11.0 Å². The first-order chi connectivity index (χ1) is 9.33. The molecule has 1 unspecified atom stereocenters. The zero-order valence-corrected chi connectivity index (χ0v) is 12.7. The summed E-state index contributed by atoms with van der Waals surface area (Å²) in [5.41, 5.74) is -1.28. The minimum Gasteiger partial charge on any atom is -0.480 e. The van der Waals surface area contributed by atoms with Gasteiger partial charge in [-0.3, -0.25) is 14.7 Å². The summed E-state index contributed by atoms with van der Waals surface area (Å²) < 4.78 is 1.53. The summed E-state index contributed by atoms with van der Waals surface area (Å²) in [4.78, 5) is 23.1. The van der Waals surface area contributed by atoms with Crippen LogP contribution in [-0.2, 0) is 4.79 Å². The summed E-state index contributed by atoms with van der Waals surface area (Å²) >= 11 is 1.28. The summed E-state index contributed by atoms with van der Waals surface area (Å²) in [6.07, 6.45) is 2.04. The normalized spacial score (nSPS) is 18.2. The van der Waals surface area contributed by atoms with Gasteiger partial charge >= 0.3 is 11.7 Å². The van der Waals surface area contributed by atoms with Gasteiger partial charge in [-0.25, -0.2) is 9.89 Å². The predicted octanol–water partition coefficient (Wildman–Crippen LogP) is 0.840. The third-order valence-corrected chi connectivity index (χ3v) is 4.52. The molecule has 1 saturated carbocycles. The fourth-order valence-corrected chi connectivity index (χ4v) is 3.07. The summed E-state index contributed by atoms with van der Waals surface area (Å²) in [6.45, 7) is 5.45. The molecule has 1 atom stereocenters. The zero-order chi connectivity index (χ0) is 14.9. The van der Waals surface area contributed by atoms with E-state index in [1.165, 1.54) is 16.3 Å². The number of rotatable bonds is 7. The van der Waals surface area contributed by atoms with Crippen LogP contribution in [0.1, 0.15) is 39.7 Å². The minimum atomic E-state index is -1.01. The molecule has 20 heavy (non-hydrogen) atoms. The number of hydrogen-bond acceptors (Lipinski definition) is 5. The van der Waals surface area contributed by atoms with Crippen molar-refractivity contribution in [1.29, 1.82) is 0 Å². The number of aromatic nitrogens is 3. The molecule has 1 heterocycles. The second-order valence-corrected chi connectivity index (χ2v) is 6.56. The molecular weight excluding hydrogens is 280 g/mol. The first-order valence-corrected chi connectivity index (χ1v) is 7.63. The maximum Gasteiger partial charge on any atom is 0.344 e. The molecule has 1 aromatic heterocycles. The van der Waals surface area contributed by atoms with Crippen LogP contribution in [0.25, 0.3) is 0 Å². The molecule has 1 aliphatic carbocycles. The van der Waals surface area contributed by atoms with Crippen molar-refractivity contribution in [3.05, 3.63) is 10.5 Å². The van der Waals surface area contributed by atoms with Crippen molar-refractivity contribution >= 4 is 17.7 Å². The molecule has 0 spiro atoms. The Bertz CT molecular complexity index is 549. The summed E-state index contributed by atoms with van der Waals surface area (Å²) in [5.74, 6) is -0.568. The number of carboxylic acids is 1. The number of aliphatic carboxylic acids is 1. The second-order valence-electron chi connectivity index (χ2n) is 5.62. The van der Waals surface area contributed by atoms with E-state index in [2.05, 4.69) is 15.5 Å². The van der Waals surface area contributed by atoms with Crippen molar-refractivity contribution in [2.45, 2.75) is 56.4 Å². The molecule has 0 saturated heterocycles. The lowest BCUT2D eigenvalue weighted by Crippen LogP contribution is -2.52. The van der Waals surface area contributed by atoms with Crippen molar-refractivity contribution in [3.63, 3.8) is 0 Å². The monoisotopic (exact) mass is 300 g/mol. The molecule has 0 aromatic carbocycles. The third kappa shape index (κ3) is 3.24. The standard InChI is InChI=1S/C12H20N4O3S/c1-7(2)16-10(19)14-15-11(16)20-6-12(3,9(17)18)13-8-4-5-8/h7-8,13H,4-6H2,1-3H3,(H,14,19)(H,17,18). The lowest BCUT2D eigenvalue weighted by Gasteiger charge is -2.25. The molecule has 0 bridgehead atoms. The molecule has 1 fully saturated rings. The van der Waals surface area contributed by atoms with Crippen molar-refractivity contribution in [2.75, 3.05) is 5.75 Å². The zero-order valence-electron chi connectivity index (χ0n) is 11.8. The van der Waals surface area contributed by atoms with Crippen LogP contribution in [0.2, 0.25) is 0 Å². The van der Waals surface area contributed by atoms with Gasteiger partial charge in [0.15, 0.2) is 5.16 Å². The largest absolute Gasteiger partial charge is 0.480 e. The van der Waals surface area contributed by atoms with E-state index in [9.17, 15) is 14.7 Å². The first kappa shape index (κ1) is 15.1. The molecule has 0 radical (unpaired) electrons. The molecule has 1 aliphatic rings. The van der Waals surface area contributed by atoms with Gasteiger partial charge in [-0.15, -0.1) is 5.10 Å². The molecule has 112 valence electrons. The van der Waals surface area contributed by atoms with E-state index in [1.54, 1.807) is 6.92 Å². The number of hydrogen-bond donors (Lipinski definition) is 3. The minimum absolute atomic E-state index is 0.0174. The predicted molar refractivity (Wildman–Crippen MR) is 76.2 cm³/mol. The van der Waals surface area contributed by atoms with Gasteiger partial charge < -0.3 is 5.11 Å². The van der Waals surface area contributed by atoms with E-state index in [0.29, 0.717) is 17.0 Å². The van der Waals surface area contributed by atoms with Crippen LogP contribution in [0.15, 0.2) is 9.95 Å². The molecule has 1 aromatic rings. The second kappa shape index (κ2) is 5.61. The van der Waals surface area contributed by atoms with Crippen LogP contribution in [0.3, 0.4) is 0 Å². The van der Waals surface area contributed by atoms with E-state index < -0.39 is 11.5 Å². The Morgan fingerprint density at radius 3 is 2.80 bits per heavy atom. The Morgan fingerprint density at radius 2 is 2.30 bits per heavy atom. The number of aromatic amines is 1. The molecular formula is C12H20N4O3S. The highest BCUT2D eigenvalue weighted by atomic mass is 32.2. The maximum atomic E-state index is 11.6. The lowest BCUT2D eigenvalue weighted by atomic mass is 10.1. The van der Waals surface area contributed by atoms with Gasteiger partial charge in [0, 0.05) is 17.8 Å². The van der Waals surface area contributed by atoms with Gasteiger partial charge in [0.1, 0.15) is 5.54 Å². The van der Waals surface area contributed by atoms with Crippen LogP contribution >= 0.6 is 11.8 Å². The number of nitrogens with zero attached hydrogens (tertiary/aromatic N) is 2. The highest BCUT2D eigenvalue weighted by molar-refractivity contribution is 7.99. The van der Waals surface area contributed by atoms with Crippen molar-refractivity contribution < 1.29 is 9.90 Å². The van der Waals surface area contributed by atoms with E-state index >= 15 is 0 Å². The summed E-state index contributed by atoms with van der Waals surface area (Å²) in [7, 11) is 0. The number of carbonyl (C=O) groups is 1.